The standard InChI is InChI=1S/C13H11BrN4O3/c1-7-10(14)3-2-4-11(7)17-13(19)9-5-8(18(20)21)6-16-12(9)15/h2-6H,1H3,(H2,15,16)(H,17,19). The summed E-state index contributed by atoms with van der Waals surface area (Å²) in [4.78, 5) is 26.0. The number of pyridine rings is 1. The number of amides is 1. The Morgan fingerprint density at radius 1 is 1.48 bits per heavy atom. The van der Waals surface area contributed by atoms with E-state index in [0.717, 1.165) is 22.3 Å². The minimum atomic E-state index is -0.631. The zero-order valence-electron chi connectivity index (χ0n) is 11.0. The molecule has 0 radical (unpaired) electrons. The van der Waals surface area contributed by atoms with Gasteiger partial charge in [-0.3, -0.25) is 14.9 Å². The Balaban J connectivity index is 2.34. The molecule has 3 N–H and O–H groups in total. The number of aromatic nitrogens is 1. The second-order valence-corrected chi connectivity index (χ2v) is 5.10. The van der Waals surface area contributed by atoms with Crippen LogP contribution in [-0.2, 0) is 0 Å². The van der Waals surface area contributed by atoms with Crippen LogP contribution in [-0.4, -0.2) is 15.8 Å². The average Bonchev–Trinajstić information content (AvgIpc) is 2.44. The number of halogens is 1. The number of nitrogen functional groups attached to an aromatic ring is 1. The number of nitro groups is 1. The summed E-state index contributed by atoms with van der Waals surface area (Å²) >= 11 is 3.36. The molecule has 1 aromatic heterocycles. The van der Waals surface area contributed by atoms with Crippen LogP contribution in [0.2, 0.25) is 0 Å². The number of nitrogens with zero attached hydrogens (tertiary/aromatic N) is 2. The number of benzene rings is 1. The van der Waals surface area contributed by atoms with Crippen molar-refractivity contribution in [1.82, 2.24) is 4.98 Å². The van der Waals surface area contributed by atoms with Crippen LogP contribution in [0.1, 0.15) is 15.9 Å². The van der Waals surface area contributed by atoms with Crippen molar-refractivity contribution in [2.45, 2.75) is 6.92 Å². The molecule has 0 bridgehead atoms. The number of hydrogen-bond donors (Lipinski definition) is 2. The predicted octanol–water partition coefficient (Wildman–Crippen LogP) is 2.90. The van der Waals surface area contributed by atoms with E-state index in [0.29, 0.717) is 5.69 Å². The van der Waals surface area contributed by atoms with Crippen molar-refractivity contribution in [1.29, 1.82) is 0 Å². The van der Waals surface area contributed by atoms with Gasteiger partial charge in [-0.15, -0.1) is 0 Å². The molecule has 21 heavy (non-hydrogen) atoms. The largest absolute Gasteiger partial charge is 0.383 e. The third-order valence-electron chi connectivity index (χ3n) is 2.88. The molecule has 0 aliphatic carbocycles. The summed E-state index contributed by atoms with van der Waals surface area (Å²) < 4.78 is 0.838. The first-order chi connectivity index (χ1) is 9.90. The zero-order valence-corrected chi connectivity index (χ0v) is 12.5. The highest BCUT2D eigenvalue weighted by atomic mass is 79.9. The van der Waals surface area contributed by atoms with E-state index in [9.17, 15) is 14.9 Å². The highest BCUT2D eigenvalue weighted by Crippen LogP contribution is 2.25. The summed E-state index contributed by atoms with van der Waals surface area (Å²) in [5.41, 5.74) is 6.70. The zero-order chi connectivity index (χ0) is 15.6. The van der Waals surface area contributed by atoms with Crippen LogP contribution in [0.15, 0.2) is 34.9 Å². The van der Waals surface area contributed by atoms with Gasteiger partial charge in [0, 0.05) is 16.2 Å². The molecule has 108 valence electrons. The molecule has 1 heterocycles. The molecular weight excluding hydrogens is 340 g/mol. The molecule has 8 heteroatoms. The number of nitrogens with one attached hydrogen (secondary N) is 1. The summed E-state index contributed by atoms with van der Waals surface area (Å²) in [5, 5.41) is 13.4. The second kappa shape index (κ2) is 5.88. The Bertz CT molecular complexity index is 733. The maximum atomic E-state index is 12.2. The molecule has 0 unspecified atom stereocenters. The molecule has 1 amide bonds. The Labute approximate surface area is 128 Å². The van der Waals surface area contributed by atoms with E-state index in [1.54, 1.807) is 12.1 Å². The van der Waals surface area contributed by atoms with Crippen molar-refractivity contribution in [3.8, 4) is 0 Å². The molecule has 0 atom stereocenters. The molecule has 0 saturated carbocycles. The molecule has 0 fully saturated rings. The molecule has 0 aliphatic rings. The van der Waals surface area contributed by atoms with Gasteiger partial charge in [0.1, 0.15) is 12.0 Å². The highest BCUT2D eigenvalue weighted by Gasteiger charge is 2.17. The lowest BCUT2D eigenvalue weighted by molar-refractivity contribution is -0.385. The third-order valence-corrected chi connectivity index (χ3v) is 3.73. The van der Waals surface area contributed by atoms with Crippen molar-refractivity contribution in [3.05, 3.63) is 56.2 Å². The summed E-state index contributed by atoms with van der Waals surface area (Å²) in [5.74, 6) is -0.615. The Morgan fingerprint density at radius 3 is 2.86 bits per heavy atom. The fourth-order valence-corrected chi connectivity index (χ4v) is 2.04. The molecule has 2 rings (SSSR count). The first-order valence-corrected chi connectivity index (χ1v) is 6.66. The van der Waals surface area contributed by atoms with Gasteiger partial charge in [0.15, 0.2) is 0 Å². The van der Waals surface area contributed by atoms with Gasteiger partial charge < -0.3 is 11.1 Å². The maximum absolute atomic E-state index is 12.2. The van der Waals surface area contributed by atoms with Crippen LogP contribution >= 0.6 is 15.9 Å². The van der Waals surface area contributed by atoms with Crippen molar-refractivity contribution in [2.24, 2.45) is 0 Å². The SMILES string of the molecule is Cc1c(Br)cccc1NC(=O)c1cc([N+](=O)[O-])cnc1N. The lowest BCUT2D eigenvalue weighted by Gasteiger charge is -2.10. The van der Waals surface area contributed by atoms with Crippen molar-refractivity contribution >= 4 is 39.0 Å². The van der Waals surface area contributed by atoms with Gasteiger partial charge in [-0.05, 0) is 24.6 Å². The molecule has 7 nitrogen and oxygen atoms in total. The van der Waals surface area contributed by atoms with Crippen LogP contribution in [0.25, 0.3) is 0 Å². The normalized spacial score (nSPS) is 10.2. The maximum Gasteiger partial charge on any atom is 0.288 e. The molecule has 0 aliphatic heterocycles. The molecule has 0 saturated heterocycles. The number of anilines is 2. The van der Waals surface area contributed by atoms with Gasteiger partial charge in [0.05, 0.1) is 10.5 Å². The lowest BCUT2D eigenvalue weighted by atomic mass is 10.1. The van der Waals surface area contributed by atoms with Gasteiger partial charge in [-0.1, -0.05) is 22.0 Å². The first-order valence-electron chi connectivity index (χ1n) is 5.86. The molecule has 2 aromatic rings. The molecule has 1 aromatic carbocycles. The Kier molecular flexibility index (Phi) is 4.18. The minimum absolute atomic E-state index is 0.0384. The van der Waals surface area contributed by atoms with E-state index < -0.39 is 10.8 Å². The fourth-order valence-electron chi connectivity index (χ4n) is 1.68. The smallest absolute Gasteiger partial charge is 0.288 e. The lowest BCUT2D eigenvalue weighted by Crippen LogP contribution is -2.16. The number of nitrogens with two attached hydrogens (primary N) is 1. The Morgan fingerprint density at radius 2 is 2.19 bits per heavy atom. The second-order valence-electron chi connectivity index (χ2n) is 4.25. The fraction of sp³-hybridized carbons (Fsp3) is 0.0769. The Hall–Kier alpha value is -2.48. The topological polar surface area (TPSA) is 111 Å². The van der Waals surface area contributed by atoms with Crippen molar-refractivity contribution in [3.63, 3.8) is 0 Å². The summed E-state index contributed by atoms with van der Waals surface area (Å²) in [6.07, 6.45) is 1.01. The number of rotatable bonds is 3. The van der Waals surface area contributed by atoms with Gasteiger partial charge >= 0.3 is 0 Å². The van der Waals surface area contributed by atoms with E-state index in [-0.39, 0.29) is 17.1 Å². The molecular formula is C13H11BrN4O3. The van der Waals surface area contributed by atoms with Crippen LogP contribution in [0.4, 0.5) is 17.2 Å². The van der Waals surface area contributed by atoms with Gasteiger partial charge in [-0.2, -0.15) is 0 Å². The quantitative estimate of drug-likeness (QED) is 0.652. The van der Waals surface area contributed by atoms with Crippen LogP contribution in [0, 0.1) is 17.0 Å². The van der Waals surface area contributed by atoms with Crippen molar-refractivity contribution < 1.29 is 9.72 Å². The third kappa shape index (κ3) is 3.16. The number of carbonyl (C=O) groups excluding carboxylic acids is 1. The van der Waals surface area contributed by atoms with Crippen LogP contribution in [0.5, 0.6) is 0 Å². The highest BCUT2D eigenvalue weighted by molar-refractivity contribution is 9.10. The van der Waals surface area contributed by atoms with E-state index in [1.165, 1.54) is 0 Å². The van der Waals surface area contributed by atoms with Gasteiger partial charge in [-0.25, -0.2) is 4.98 Å². The van der Waals surface area contributed by atoms with Crippen molar-refractivity contribution in [2.75, 3.05) is 11.1 Å². The van der Waals surface area contributed by atoms with E-state index in [2.05, 4.69) is 26.2 Å². The number of hydrogen-bond acceptors (Lipinski definition) is 5. The van der Waals surface area contributed by atoms with E-state index >= 15 is 0 Å². The monoisotopic (exact) mass is 350 g/mol. The predicted molar refractivity (Wildman–Crippen MR) is 82.1 cm³/mol. The van der Waals surface area contributed by atoms with E-state index in [4.69, 9.17) is 5.73 Å². The van der Waals surface area contributed by atoms with Gasteiger partial charge in [0.25, 0.3) is 11.6 Å². The average molecular weight is 351 g/mol. The van der Waals surface area contributed by atoms with Crippen LogP contribution in [0.3, 0.4) is 0 Å². The number of carbonyl (C=O) groups is 1. The first kappa shape index (κ1) is 14.9. The van der Waals surface area contributed by atoms with Crippen LogP contribution < -0.4 is 11.1 Å². The summed E-state index contributed by atoms with van der Waals surface area (Å²) in [6.45, 7) is 1.83. The van der Waals surface area contributed by atoms with E-state index in [1.807, 2.05) is 13.0 Å². The summed E-state index contributed by atoms with van der Waals surface area (Å²) in [7, 11) is 0. The minimum Gasteiger partial charge on any atom is -0.383 e. The van der Waals surface area contributed by atoms with Gasteiger partial charge in [0.2, 0.25) is 0 Å². The molecule has 0 spiro atoms. The summed E-state index contributed by atoms with van der Waals surface area (Å²) in [6, 6.07) is 6.43.